The van der Waals surface area contributed by atoms with E-state index in [-0.39, 0.29) is 17.4 Å². The Balaban J connectivity index is 1.87. The molecule has 1 aromatic rings. The number of carbonyl (C=O) groups excluding carboxylic acids is 1. The summed E-state index contributed by atoms with van der Waals surface area (Å²) in [7, 11) is 1.83. The van der Waals surface area contributed by atoms with Crippen LogP contribution < -0.4 is 4.90 Å². The molecule has 108 valence electrons. The van der Waals surface area contributed by atoms with Crippen molar-refractivity contribution >= 4 is 23.2 Å². The van der Waals surface area contributed by atoms with E-state index in [1.807, 2.05) is 19.2 Å². The van der Waals surface area contributed by atoms with Gasteiger partial charge in [0.25, 0.3) is 0 Å². The Morgan fingerprint density at radius 3 is 2.90 bits per heavy atom. The number of aryl methyl sites for hydroxylation is 1. The zero-order chi connectivity index (χ0) is 14.3. The molecule has 2 heterocycles. The largest absolute Gasteiger partial charge is 0.376 e. The number of anilines is 1. The molecular weight excluding hydrogens is 274 g/mol. The molecule has 3 rings (SSSR count). The molecule has 3 nitrogen and oxygen atoms in total. The highest BCUT2D eigenvalue weighted by atomic mass is 35.5. The van der Waals surface area contributed by atoms with Crippen molar-refractivity contribution in [3.05, 3.63) is 29.3 Å². The summed E-state index contributed by atoms with van der Waals surface area (Å²) in [6, 6.07) is 6.18. The Kier molecular flexibility index (Phi) is 3.74. The lowest BCUT2D eigenvalue weighted by Gasteiger charge is -2.28. The van der Waals surface area contributed by atoms with Crippen LogP contribution in [-0.2, 0) is 16.0 Å². The highest BCUT2D eigenvalue weighted by Crippen LogP contribution is 2.38. The number of carbonyl (C=O) groups is 1. The number of fused-ring (bicyclic) bond motifs is 1. The van der Waals surface area contributed by atoms with Gasteiger partial charge in [0.1, 0.15) is 0 Å². The zero-order valence-corrected chi connectivity index (χ0v) is 12.7. The van der Waals surface area contributed by atoms with Gasteiger partial charge in [-0.15, -0.1) is 11.6 Å². The van der Waals surface area contributed by atoms with E-state index in [0.717, 1.165) is 30.7 Å². The average Bonchev–Trinajstić information content (AvgIpc) is 2.88. The third-order valence-corrected chi connectivity index (χ3v) is 5.00. The molecule has 3 unspecified atom stereocenters. The van der Waals surface area contributed by atoms with E-state index in [2.05, 4.69) is 13.0 Å². The van der Waals surface area contributed by atoms with Crippen LogP contribution in [0, 0.1) is 5.92 Å². The van der Waals surface area contributed by atoms with Gasteiger partial charge >= 0.3 is 0 Å². The standard InChI is InChI=1S/C16H20ClNO2/c1-10-7-8-20-16(10)15(17)12-3-5-13-11(9-12)4-6-14(19)18(13)2/h3,5,9-10,15-16H,4,6-8H2,1-2H3. The molecule has 0 bridgehead atoms. The lowest BCUT2D eigenvalue weighted by atomic mass is 9.93. The topological polar surface area (TPSA) is 29.5 Å². The minimum absolute atomic E-state index is 0.0951. The lowest BCUT2D eigenvalue weighted by molar-refractivity contribution is -0.118. The number of ether oxygens (including phenoxy) is 1. The second-order valence-corrected chi connectivity index (χ2v) is 6.31. The third kappa shape index (κ3) is 2.33. The van der Waals surface area contributed by atoms with Crippen LogP contribution >= 0.6 is 11.6 Å². The van der Waals surface area contributed by atoms with Gasteiger partial charge in [-0.2, -0.15) is 0 Å². The van der Waals surface area contributed by atoms with E-state index >= 15 is 0 Å². The summed E-state index contributed by atoms with van der Waals surface area (Å²) >= 11 is 6.61. The maximum atomic E-state index is 11.7. The second-order valence-electron chi connectivity index (χ2n) is 5.84. The van der Waals surface area contributed by atoms with Gasteiger partial charge in [-0.25, -0.2) is 0 Å². The maximum Gasteiger partial charge on any atom is 0.227 e. The normalized spacial score (nSPS) is 27.6. The van der Waals surface area contributed by atoms with Crippen LogP contribution in [0.15, 0.2) is 18.2 Å². The van der Waals surface area contributed by atoms with E-state index in [4.69, 9.17) is 16.3 Å². The van der Waals surface area contributed by atoms with Gasteiger partial charge in [-0.3, -0.25) is 4.79 Å². The molecule has 0 N–H and O–H groups in total. The average molecular weight is 294 g/mol. The summed E-state index contributed by atoms with van der Waals surface area (Å²) in [5.74, 6) is 0.679. The number of alkyl halides is 1. The van der Waals surface area contributed by atoms with Crippen molar-refractivity contribution in [2.45, 2.75) is 37.7 Å². The first kappa shape index (κ1) is 13.9. The van der Waals surface area contributed by atoms with Gasteiger partial charge < -0.3 is 9.64 Å². The number of nitrogens with zero attached hydrogens (tertiary/aromatic N) is 1. The third-order valence-electron chi connectivity index (χ3n) is 4.50. The summed E-state index contributed by atoms with van der Waals surface area (Å²) < 4.78 is 5.77. The Bertz CT molecular complexity index is 531. The van der Waals surface area contributed by atoms with Crippen molar-refractivity contribution in [3.8, 4) is 0 Å². The smallest absolute Gasteiger partial charge is 0.227 e. The highest BCUT2D eigenvalue weighted by molar-refractivity contribution is 6.21. The number of amides is 1. The Morgan fingerprint density at radius 2 is 2.20 bits per heavy atom. The fourth-order valence-corrected chi connectivity index (χ4v) is 3.59. The summed E-state index contributed by atoms with van der Waals surface area (Å²) in [5.41, 5.74) is 3.32. The number of hydrogen-bond donors (Lipinski definition) is 0. The summed E-state index contributed by atoms with van der Waals surface area (Å²) in [6.45, 7) is 3.00. The first-order valence-corrected chi connectivity index (χ1v) is 7.66. The van der Waals surface area contributed by atoms with Gasteiger partial charge in [-0.1, -0.05) is 19.1 Å². The highest BCUT2D eigenvalue weighted by Gasteiger charge is 2.32. The van der Waals surface area contributed by atoms with Gasteiger partial charge in [0.05, 0.1) is 11.5 Å². The number of hydrogen-bond acceptors (Lipinski definition) is 2. The molecule has 4 heteroatoms. The molecule has 0 aliphatic carbocycles. The number of benzene rings is 1. The summed E-state index contributed by atoms with van der Waals surface area (Å²) in [5, 5.41) is -0.110. The predicted octanol–water partition coefficient (Wildman–Crippen LogP) is 3.30. The minimum atomic E-state index is -0.110. The molecule has 0 spiro atoms. The SMILES string of the molecule is CC1CCOC1C(Cl)c1ccc2c(c1)CCC(=O)N2C. The molecule has 20 heavy (non-hydrogen) atoms. The Hall–Kier alpha value is -1.06. The maximum absolute atomic E-state index is 11.7. The van der Waals surface area contributed by atoms with Crippen LogP contribution in [0.1, 0.15) is 36.3 Å². The molecule has 0 aromatic heterocycles. The lowest BCUT2D eigenvalue weighted by Crippen LogP contribution is -2.31. The first-order chi connectivity index (χ1) is 9.58. The van der Waals surface area contributed by atoms with Crippen molar-refractivity contribution in [1.82, 2.24) is 0 Å². The number of halogens is 1. The fourth-order valence-electron chi connectivity index (χ4n) is 3.13. The Labute approximate surface area is 124 Å². The summed E-state index contributed by atoms with van der Waals surface area (Å²) in [6.07, 6.45) is 2.56. The van der Waals surface area contributed by atoms with E-state index in [0.29, 0.717) is 12.3 Å². The molecule has 2 aliphatic heterocycles. The van der Waals surface area contributed by atoms with Crippen molar-refractivity contribution in [2.75, 3.05) is 18.6 Å². The van der Waals surface area contributed by atoms with Crippen LogP contribution in [0.2, 0.25) is 0 Å². The number of rotatable bonds is 2. The van der Waals surface area contributed by atoms with Crippen LogP contribution in [0.4, 0.5) is 5.69 Å². The first-order valence-electron chi connectivity index (χ1n) is 7.23. The molecule has 0 radical (unpaired) electrons. The van der Waals surface area contributed by atoms with E-state index in [1.165, 1.54) is 5.56 Å². The molecular formula is C16H20ClNO2. The van der Waals surface area contributed by atoms with Crippen LogP contribution in [0.3, 0.4) is 0 Å². The molecule has 1 saturated heterocycles. The van der Waals surface area contributed by atoms with E-state index in [1.54, 1.807) is 4.90 Å². The van der Waals surface area contributed by atoms with Crippen molar-refractivity contribution < 1.29 is 9.53 Å². The van der Waals surface area contributed by atoms with Gasteiger partial charge in [0.2, 0.25) is 5.91 Å². The second kappa shape index (κ2) is 5.38. The molecule has 1 amide bonds. The quantitative estimate of drug-likeness (QED) is 0.783. The van der Waals surface area contributed by atoms with Crippen LogP contribution in [-0.4, -0.2) is 25.7 Å². The molecule has 0 saturated carbocycles. The molecule has 3 atom stereocenters. The zero-order valence-electron chi connectivity index (χ0n) is 11.9. The fraction of sp³-hybridized carbons (Fsp3) is 0.562. The van der Waals surface area contributed by atoms with Crippen molar-refractivity contribution in [3.63, 3.8) is 0 Å². The van der Waals surface area contributed by atoms with E-state index < -0.39 is 0 Å². The van der Waals surface area contributed by atoms with Gasteiger partial charge in [0, 0.05) is 25.8 Å². The monoisotopic (exact) mass is 293 g/mol. The van der Waals surface area contributed by atoms with Crippen molar-refractivity contribution in [1.29, 1.82) is 0 Å². The van der Waals surface area contributed by atoms with Crippen molar-refractivity contribution in [2.24, 2.45) is 5.92 Å². The van der Waals surface area contributed by atoms with Gasteiger partial charge in [0.15, 0.2) is 0 Å². The van der Waals surface area contributed by atoms with E-state index in [9.17, 15) is 4.79 Å². The minimum Gasteiger partial charge on any atom is -0.376 e. The molecule has 1 fully saturated rings. The van der Waals surface area contributed by atoms with Crippen LogP contribution in [0.5, 0.6) is 0 Å². The molecule has 1 aromatic carbocycles. The summed E-state index contributed by atoms with van der Waals surface area (Å²) in [4.78, 5) is 13.4. The Morgan fingerprint density at radius 1 is 1.40 bits per heavy atom. The predicted molar refractivity (Wildman–Crippen MR) is 80.3 cm³/mol. The van der Waals surface area contributed by atoms with Gasteiger partial charge in [-0.05, 0) is 36.0 Å². The van der Waals surface area contributed by atoms with Crippen LogP contribution in [0.25, 0.3) is 0 Å². The molecule has 2 aliphatic rings.